The zero-order valence-electron chi connectivity index (χ0n) is 12.9. The second-order valence-corrected chi connectivity index (χ2v) is 5.98. The van der Waals surface area contributed by atoms with Crippen LogP contribution in [-0.4, -0.2) is 49.2 Å². The van der Waals surface area contributed by atoms with Gasteiger partial charge in [0, 0.05) is 37.6 Å². The van der Waals surface area contributed by atoms with Gasteiger partial charge in [0.15, 0.2) is 0 Å². The van der Waals surface area contributed by atoms with Gasteiger partial charge in [-0.2, -0.15) is 0 Å². The van der Waals surface area contributed by atoms with E-state index in [-0.39, 0.29) is 12.4 Å². The molecule has 5 heteroatoms. The van der Waals surface area contributed by atoms with Gasteiger partial charge in [0.25, 0.3) is 0 Å². The van der Waals surface area contributed by atoms with Crippen molar-refractivity contribution >= 4 is 29.1 Å². The van der Waals surface area contributed by atoms with E-state index in [9.17, 15) is 0 Å². The summed E-state index contributed by atoms with van der Waals surface area (Å²) in [5.74, 6) is 1.98. The molecule has 1 aromatic carbocycles. The van der Waals surface area contributed by atoms with Gasteiger partial charge in [0.2, 0.25) is 0 Å². The zero-order valence-corrected chi connectivity index (χ0v) is 13.7. The average molecular weight is 320 g/mol. The van der Waals surface area contributed by atoms with Crippen molar-refractivity contribution in [3.8, 4) is 5.75 Å². The maximum atomic E-state index is 5.27. The Balaban J connectivity index is 0.00000144. The van der Waals surface area contributed by atoms with E-state index in [4.69, 9.17) is 9.72 Å². The summed E-state index contributed by atoms with van der Waals surface area (Å²) in [5.41, 5.74) is 1.04. The monoisotopic (exact) mass is 319 g/mol. The number of pyridine rings is 1. The number of hydrogen-bond donors (Lipinski definition) is 0. The molecule has 0 radical (unpaired) electrons. The topological polar surface area (TPSA) is 28.6 Å². The molecule has 1 aliphatic heterocycles. The molecule has 1 aromatic heterocycles. The first-order valence-corrected chi connectivity index (χ1v) is 7.77. The average Bonchev–Trinajstić information content (AvgIpc) is 3.39. The minimum Gasteiger partial charge on any atom is -0.497 e. The van der Waals surface area contributed by atoms with Crippen LogP contribution in [0.15, 0.2) is 30.3 Å². The van der Waals surface area contributed by atoms with Gasteiger partial charge in [-0.1, -0.05) is 0 Å². The normalized spacial score (nSPS) is 19.0. The van der Waals surface area contributed by atoms with Gasteiger partial charge in [-0.15, -0.1) is 12.4 Å². The lowest BCUT2D eigenvalue weighted by molar-refractivity contribution is 0.247. The first-order chi connectivity index (χ1) is 10.3. The van der Waals surface area contributed by atoms with Crippen LogP contribution in [-0.2, 0) is 0 Å². The summed E-state index contributed by atoms with van der Waals surface area (Å²) < 4.78 is 5.27. The molecule has 0 bridgehead atoms. The minimum atomic E-state index is 0. The first kappa shape index (κ1) is 15.4. The summed E-state index contributed by atoms with van der Waals surface area (Å²) in [6, 6.07) is 11.2. The molecule has 4 nitrogen and oxygen atoms in total. The van der Waals surface area contributed by atoms with Gasteiger partial charge < -0.3 is 9.64 Å². The number of halogens is 1. The molecule has 0 unspecified atom stereocenters. The number of ether oxygens (including phenoxy) is 1. The van der Waals surface area contributed by atoms with Gasteiger partial charge in [-0.25, -0.2) is 4.98 Å². The Bertz CT molecular complexity index is 651. The molecule has 0 N–H and O–H groups in total. The van der Waals surface area contributed by atoms with Gasteiger partial charge in [-0.3, -0.25) is 4.90 Å². The Hall–Kier alpha value is -1.52. The van der Waals surface area contributed by atoms with Crippen LogP contribution in [0.1, 0.15) is 12.8 Å². The van der Waals surface area contributed by atoms with E-state index < -0.39 is 0 Å². The fourth-order valence-electron chi connectivity index (χ4n) is 3.15. The summed E-state index contributed by atoms with van der Waals surface area (Å²) in [6.45, 7) is 4.52. The van der Waals surface area contributed by atoms with E-state index in [2.05, 4.69) is 21.9 Å². The number of methoxy groups -OCH3 is 1. The predicted octanol–water partition coefficient (Wildman–Crippen LogP) is 2.95. The molecule has 1 saturated heterocycles. The molecule has 1 saturated carbocycles. The SMILES string of the molecule is COc1ccc2nc(N3CCN(C4CC4)CC3)ccc2c1.Cl. The highest BCUT2D eigenvalue weighted by Gasteiger charge is 2.31. The Kier molecular flexibility index (Phi) is 4.41. The third-order valence-electron chi connectivity index (χ3n) is 4.58. The minimum absolute atomic E-state index is 0. The number of aromatic nitrogens is 1. The van der Waals surface area contributed by atoms with Crippen molar-refractivity contribution in [2.24, 2.45) is 0 Å². The molecular weight excluding hydrogens is 298 g/mol. The fraction of sp³-hybridized carbons (Fsp3) is 0.471. The number of anilines is 1. The molecule has 1 aliphatic carbocycles. The summed E-state index contributed by atoms with van der Waals surface area (Å²) in [5, 5.41) is 1.13. The summed E-state index contributed by atoms with van der Waals surface area (Å²) in [6.07, 6.45) is 2.80. The Morgan fingerprint density at radius 2 is 1.82 bits per heavy atom. The molecule has 2 fully saturated rings. The third kappa shape index (κ3) is 2.99. The van der Waals surface area contributed by atoms with E-state index >= 15 is 0 Å². The van der Waals surface area contributed by atoms with Crippen molar-refractivity contribution < 1.29 is 4.74 Å². The summed E-state index contributed by atoms with van der Waals surface area (Å²) >= 11 is 0. The van der Waals surface area contributed by atoms with Crippen LogP contribution >= 0.6 is 12.4 Å². The van der Waals surface area contributed by atoms with Crippen molar-refractivity contribution in [1.29, 1.82) is 0 Å². The molecule has 4 rings (SSSR count). The van der Waals surface area contributed by atoms with E-state index in [1.165, 1.54) is 25.9 Å². The van der Waals surface area contributed by atoms with Crippen LogP contribution in [0.25, 0.3) is 10.9 Å². The van der Waals surface area contributed by atoms with Crippen LogP contribution in [0.4, 0.5) is 5.82 Å². The number of hydrogen-bond acceptors (Lipinski definition) is 4. The van der Waals surface area contributed by atoms with Crippen molar-refractivity contribution in [1.82, 2.24) is 9.88 Å². The number of nitrogens with zero attached hydrogens (tertiary/aromatic N) is 3. The van der Waals surface area contributed by atoms with Crippen molar-refractivity contribution in [2.45, 2.75) is 18.9 Å². The maximum absolute atomic E-state index is 5.27. The van der Waals surface area contributed by atoms with Crippen molar-refractivity contribution in [2.75, 3.05) is 38.2 Å². The second-order valence-electron chi connectivity index (χ2n) is 5.98. The van der Waals surface area contributed by atoms with Crippen LogP contribution in [0.5, 0.6) is 5.75 Å². The lowest BCUT2D eigenvalue weighted by atomic mass is 10.2. The van der Waals surface area contributed by atoms with Crippen LogP contribution in [0.2, 0.25) is 0 Å². The molecule has 0 spiro atoms. The summed E-state index contributed by atoms with van der Waals surface area (Å²) in [7, 11) is 1.70. The van der Waals surface area contributed by atoms with Crippen molar-refractivity contribution in [3.63, 3.8) is 0 Å². The van der Waals surface area contributed by atoms with Gasteiger partial charge in [0.05, 0.1) is 12.6 Å². The zero-order chi connectivity index (χ0) is 14.2. The molecule has 0 atom stereocenters. The Morgan fingerprint density at radius 1 is 1.05 bits per heavy atom. The lowest BCUT2D eigenvalue weighted by Gasteiger charge is -2.35. The molecular formula is C17H22ClN3O. The highest BCUT2D eigenvalue weighted by atomic mass is 35.5. The van der Waals surface area contributed by atoms with Gasteiger partial charge in [0.1, 0.15) is 11.6 Å². The van der Waals surface area contributed by atoms with E-state index in [0.717, 1.165) is 41.6 Å². The molecule has 0 amide bonds. The Labute approximate surface area is 137 Å². The highest BCUT2D eigenvalue weighted by molar-refractivity contribution is 5.85. The molecule has 118 valence electrons. The first-order valence-electron chi connectivity index (χ1n) is 7.77. The van der Waals surface area contributed by atoms with E-state index in [1.807, 2.05) is 18.2 Å². The third-order valence-corrected chi connectivity index (χ3v) is 4.58. The number of rotatable bonds is 3. The Morgan fingerprint density at radius 3 is 2.50 bits per heavy atom. The van der Waals surface area contributed by atoms with E-state index in [0.29, 0.717) is 0 Å². The van der Waals surface area contributed by atoms with Crippen molar-refractivity contribution in [3.05, 3.63) is 30.3 Å². The van der Waals surface area contributed by atoms with Crippen LogP contribution in [0.3, 0.4) is 0 Å². The standard InChI is InChI=1S/C17H21N3O.ClH/c1-21-15-5-6-16-13(12-15)2-7-17(18-16)20-10-8-19(9-11-20)14-3-4-14;/h2,5-7,12,14H,3-4,8-11H2,1H3;1H. The number of benzene rings is 1. The lowest BCUT2D eigenvalue weighted by Crippen LogP contribution is -2.47. The predicted molar refractivity (Wildman–Crippen MR) is 92.4 cm³/mol. The molecule has 2 aromatic rings. The van der Waals surface area contributed by atoms with Crippen LogP contribution < -0.4 is 9.64 Å². The molecule has 2 heterocycles. The molecule has 2 aliphatic rings. The summed E-state index contributed by atoms with van der Waals surface area (Å²) in [4.78, 5) is 9.84. The van der Waals surface area contributed by atoms with Gasteiger partial charge >= 0.3 is 0 Å². The van der Waals surface area contributed by atoms with Crippen LogP contribution in [0, 0.1) is 0 Å². The number of piperazine rings is 1. The second kappa shape index (κ2) is 6.31. The largest absolute Gasteiger partial charge is 0.497 e. The van der Waals surface area contributed by atoms with E-state index in [1.54, 1.807) is 7.11 Å². The highest BCUT2D eigenvalue weighted by Crippen LogP contribution is 2.28. The quantitative estimate of drug-likeness (QED) is 0.869. The number of fused-ring (bicyclic) bond motifs is 1. The smallest absolute Gasteiger partial charge is 0.129 e. The maximum Gasteiger partial charge on any atom is 0.129 e. The molecule has 22 heavy (non-hydrogen) atoms. The fourth-order valence-corrected chi connectivity index (χ4v) is 3.15. The van der Waals surface area contributed by atoms with Gasteiger partial charge in [-0.05, 0) is 43.2 Å².